The number of rotatable bonds is 12. The van der Waals surface area contributed by atoms with Gasteiger partial charge >= 0.3 is 0 Å². The van der Waals surface area contributed by atoms with Crippen LogP contribution in [0.3, 0.4) is 0 Å². The molecule has 4 aromatic carbocycles. The molecule has 11 nitrogen and oxygen atoms in total. The molecule has 0 saturated heterocycles. The molecule has 55 heavy (non-hydrogen) atoms. The van der Waals surface area contributed by atoms with Crippen LogP contribution in [0.1, 0.15) is 96.7 Å². The maximum atomic E-state index is 12.3. The maximum absolute atomic E-state index is 12.3. The van der Waals surface area contributed by atoms with Crippen LogP contribution in [0.4, 0.5) is 5.69 Å². The number of methoxy groups -OCH3 is 2. The highest BCUT2D eigenvalue weighted by Gasteiger charge is 2.42. The second-order valence-corrected chi connectivity index (χ2v) is 15.8. The van der Waals surface area contributed by atoms with E-state index < -0.39 is 18.2 Å². The molecule has 2 heterocycles. The van der Waals surface area contributed by atoms with E-state index in [1.54, 1.807) is 19.2 Å². The lowest BCUT2D eigenvalue weighted by Gasteiger charge is -2.40. The summed E-state index contributed by atoms with van der Waals surface area (Å²) in [6, 6.07) is 15.6. The third-order valence-electron chi connectivity index (χ3n) is 12.3. The minimum atomic E-state index is -1.03. The van der Waals surface area contributed by atoms with Crippen molar-refractivity contribution in [1.82, 2.24) is 5.32 Å². The van der Waals surface area contributed by atoms with Gasteiger partial charge in [-0.1, -0.05) is 45.0 Å². The van der Waals surface area contributed by atoms with Crippen molar-refractivity contribution in [3.05, 3.63) is 87.5 Å². The molecule has 0 radical (unpaired) electrons. The van der Waals surface area contributed by atoms with E-state index >= 15 is 0 Å². The maximum Gasteiger partial charge on any atom is 0.200 e. The standard InChI is InChI=1S/C44H52N2O9/c1-6-45-22-55-34-18-32(51-4)27-11-12-28-37-31(46-43(50)40(34)39(27)37)17-33-38(28)41(48)29(21-54-33)23-15-35(52-5)42(49)36(16-23)53-20-24(19-47)25-13-14-44(2,3)30-10-8-7-9-26(25)30/h7-10,15-18,24-25,29,41,43,45-50H,6,11-14,19-22H2,1-5H3/t24-,25+,29-,41-,43-/m0/s1. The topological polar surface area (TPSA) is 151 Å². The number of fused-ring (bicyclic) bond motifs is 3. The Bertz CT molecular complexity index is 2100. The van der Waals surface area contributed by atoms with Crippen LogP contribution in [0.25, 0.3) is 11.1 Å². The van der Waals surface area contributed by atoms with Crippen molar-refractivity contribution in [2.24, 2.45) is 5.92 Å². The van der Waals surface area contributed by atoms with Crippen molar-refractivity contribution in [2.45, 2.75) is 76.0 Å². The van der Waals surface area contributed by atoms with E-state index in [1.807, 2.05) is 19.1 Å². The third kappa shape index (κ3) is 6.31. The molecule has 292 valence electrons. The van der Waals surface area contributed by atoms with Gasteiger partial charge in [0.05, 0.1) is 39.1 Å². The summed E-state index contributed by atoms with van der Waals surface area (Å²) in [6.07, 6.45) is 1.17. The van der Waals surface area contributed by atoms with Crippen molar-refractivity contribution in [2.75, 3.05) is 52.6 Å². The van der Waals surface area contributed by atoms with Gasteiger partial charge in [-0.05, 0) is 77.9 Å². The van der Waals surface area contributed by atoms with Gasteiger partial charge in [-0.3, -0.25) is 5.32 Å². The Labute approximate surface area is 322 Å². The second-order valence-electron chi connectivity index (χ2n) is 15.8. The van der Waals surface area contributed by atoms with Crippen LogP contribution in [0.5, 0.6) is 34.5 Å². The number of aliphatic hydroxyl groups is 3. The van der Waals surface area contributed by atoms with Crippen LogP contribution < -0.4 is 34.3 Å². The summed E-state index contributed by atoms with van der Waals surface area (Å²) in [5, 5.41) is 52.1. The molecule has 0 aromatic heterocycles. The molecule has 2 aliphatic carbocycles. The predicted octanol–water partition coefficient (Wildman–Crippen LogP) is 6.59. The van der Waals surface area contributed by atoms with Crippen molar-refractivity contribution in [3.8, 4) is 45.6 Å². The van der Waals surface area contributed by atoms with Crippen molar-refractivity contribution in [1.29, 1.82) is 0 Å². The molecule has 0 amide bonds. The van der Waals surface area contributed by atoms with Crippen LogP contribution >= 0.6 is 0 Å². The number of nitrogens with one attached hydrogen (secondary N) is 2. The van der Waals surface area contributed by atoms with E-state index in [1.165, 1.54) is 18.2 Å². The van der Waals surface area contributed by atoms with Gasteiger partial charge in [0.2, 0.25) is 5.75 Å². The number of phenolic OH excluding ortho intramolecular Hbond substituents is 1. The number of ether oxygens (including phenoxy) is 5. The molecule has 5 atom stereocenters. The molecule has 0 unspecified atom stereocenters. The Morgan fingerprint density at radius 2 is 1.69 bits per heavy atom. The van der Waals surface area contributed by atoms with E-state index in [0.717, 1.165) is 47.3 Å². The molecular weight excluding hydrogens is 700 g/mol. The first-order valence-corrected chi connectivity index (χ1v) is 19.4. The summed E-state index contributed by atoms with van der Waals surface area (Å²) in [7, 11) is 3.12. The van der Waals surface area contributed by atoms with Gasteiger partial charge in [0.15, 0.2) is 17.7 Å². The molecule has 0 spiro atoms. The summed E-state index contributed by atoms with van der Waals surface area (Å²) in [5.41, 5.74) is 8.98. The van der Waals surface area contributed by atoms with Crippen LogP contribution in [-0.4, -0.2) is 67.7 Å². The summed E-state index contributed by atoms with van der Waals surface area (Å²) >= 11 is 0. The molecule has 0 fully saturated rings. The summed E-state index contributed by atoms with van der Waals surface area (Å²) in [4.78, 5) is 0. The Morgan fingerprint density at radius 3 is 2.45 bits per heavy atom. The Balaban J connectivity index is 1.13. The number of aliphatic hydroxyl groups excluding tert-OH is 3. The highest BCUT2D eigenvalue weighted by Crippen LogP contribution is 2.57. The zero-order chi connectivity index (χ0) is 38.6. The molecule has 2 aliphatic heterocycles. The predicted molar refractivity (Wildman–Crippen MR) is 209 cm³/mol. The van der Waals surface area contributed by atoms with Crippen LogP contribution in [0.15, 0.2) is 48.5 Å². The summed E-state index contributed by atoms with van der Waals surface area (Å²) in [6.45, 7) is 7.80. The van der Waals surface area contributed by atoms with Crippen molar-refractivity contribution in [3.63, 3.8) is 0 Å². The van der Waals surface area contributed by atoms with Gasteiger partial charge in [0.1, 0.15) is 24.0 Å². The molecule has 0 saturated carbocycles. The fraction of sp³-hybridized carbons (Fsp3) is 0.455. The average Bonchev–Trinajstić information content (AvgIpc) is 3.18. The SMILES string of the molecule is CCNCOc1cc(OC)c2c3c1[C@H](O)Nc1cc4c(c(c1-3)CC2)[C@@H](O)[C@H](c1cc(OC)c(O)c(OC[C@H](CO)[C@H]2CCC(C)(C)c3ccccc32)c1)CO4. The third-order valence-corrected chi connectivity index (χ3v) is 12.3. The first-order valence-electron chi connectivity index (χ1n) is 19.4. The first-order chi connectivity index (χ1) is 26.6. The van der Waals surface area contributed by atoms with E-state index in [0.29, 0.717) is 46.8 Å². The normalized spacial score (nSPS) is 21.9. The van der Waals surface area contributed by atoms with Crippen LogP contribution in [0, 0.1) is 5.92 Å². The van der Waals surface area contributed by atoms with Gasteiger partial charge in [0, 0.05) is 58.5 Å². The number of hydrogen-bond donors (Lipinski definition) is 6. The van der Waals surface area contributed by atoms with Crippen molar-refractivity contribution < 1.29 is 44.1 Å². The first kappa shape index (κ1) is 37.3. The average molecular weight is 753 g/mol. The van der Waals surface area contributed by atoms with Crippen molar-refractivity contribution >= 4 is 5.69 Å². The van der Waals surface area contributed by atoms with Crippen LogP contribution in [0.2, 0.25) is 0 Å². The fourth-order valence-electron chi connectivity index (χ4n) is 9.39. The number of hydrogen-bond acceptors (Lipinski definition) is 11. The number of benzene rings is 4. The van der Waals surface area contributed by atoms with Crippen LogP contribution in [-0.2, 0) is 18.3 Å². The van der Waals surface area contributed by atoms with Gasteiger partial charge in [0.25, 0.3) is 0 Å². The summed E-state index contributed by atoms with van der Waals surface area (Å²) in [5.74, 6) is 1.44. The van der Waals surface area contributed by atoms with Gasteiger partial charge in [-0.25, -0.2) is 0 Å². The smallest absolute Gasteiger partial charge is 0.200 e. The molecule has 6 N–H and O–H groups in total. The fourth-order valence-corrected chi connectivity index (χ4v) is 9.39. The van der Waals surface area contributed by atoms with E-state index in [9.17, 15) is 20.4 Å². The van der Waals surface area contributed by atoms with Gasteiger partial charge in [-0.15, -0.1) is 0 Å². The summed E-state index contributed by atoms with van der Waals surface area (Å²) < 4.78 is 30.4. The number of phenols is 1. The largest absolute Gasteiger partial charge is 0.502 e. The zero-order valence-corrected chi connectivity index (χ0v) is 32.2. The van der Waals surface area contributed by atoms with E-state index in [-0.39, 0.29) is 61.1 Å². The van der Waals surface area contributed by atoms with Gasteiger partial charge in [-0.2, -0.15) is 0 Å². The lowest BCUT2D eigenvalue weighted by Crippen LogP contribution is -2.32. The minimum Gasteiger partial charge on any atom is -0.502 e. The highest BCUT2D eigenvalue weighted by atomic mass is 16.5. The highest BCUT2D eigenvalue weighted by molar-refractivity contribution is 5.93. The number of aromatic hydroxyl groups is 1. The Hall–Kier alpha value is -4.68. The second kappa shape index (κ2) is 14.8. The number of anilines is 1. The van der Waals surface area contributed by atoms with E-state index in [4.69, 9.17) is 23.7 Å². The lowest BCUT2D eigenvalue weighted by molar-refractivity contribution is 0.0875. The van der Waals surface area contributed by atoms with Gasteiger partial charge < -0.3 is 49.4 Å². The Morgan fingerprint density at radius 1 is 0.927 bits per heavy atom. The molecule has 8 rings (SSSR count). The monoisotopic (exact) mass is 752 g/mol. The zero-order valence-electron chi connectivity index (χ0n) is 32.2. The minimum absolute atomic E-state index is 0.0485. The lowest BCUT2D eigenvalue weighted by atomic mass is 9.66. The molecule has 4 aromatic rings. The Kier molecular flexibility index (Phi) is 10.00. The quantitative estimate of drug-likeness (QED) is 0.0688. The molecule has 4 aliphatic rings. The molecule has 11 heteroatoms. The van der Waals surface area contributed by atoms with E-state index in [2.05, 4.69) is 48.7 Å². The molecule has 0 bridgehead atoms. The molecular formula is C44H52N2O9.